The summed E-state index contributed by atoms with van der Waals surface area (Å²) in [6.45, 7) is 3.95. The molecule has 1 aliphatic heterocycles. The van der Waals surface area contributed by atoms with Crippen molar-refractivity contribution in [3.8, 4) is 11.5 Å². The molecule has 2 aromatic rings. The van der Waals surface area contributed by atoms with Crippen molar-refractivity contribution in [1.29, 1.82) is 0 Å². The molecule has 1 aromatic carbocycles. The molecule has 0 radical (unpaired) electrons. The molecular weight excluding hydrogens is 451 g/mol. The molecule has 0 amide bonds. The third-order valence-corrected chi connectivity index (χ3v) is 4.53. The standard InChI is InChI=1S/C17H22N4O2S.HI/c1-12-21-14(10-24-12)6-8-20-17(18-2)19-7-5-13-3-4-15-16(9-13)23-11-22-15;/h3-4,9-10H,5-8,11H2,1-2H3,(H2,18,19,20);1H. The summed E-state index contributed by atoms with van der Waals surface area (Å²) in [6.07, 6.45) is 1.79. The fourth-order valence-electron chi connectivity index (χ4n) is 2.47. The Kier molecular flexibility index (Phi) is 7.76. The van der Waals surface area contributed by atoms with Crippen molar-refractivity contribution in [2.75, 3.05) is 26.9 Å². The minimum absolute atomic E-state index is 0. The van der Waals surface area contributed by atoms with E-state index in [1.165, 1.54) is 5.56 Å². The predicted octanol–water partition coefficient (Wildman–Crippen LogP) is 2.75. The van der Waals surface area contributed by atoms with Crippen LogP contribution >= 0.6 is 35.3 Å². The van der Waals surface area contributed by atoms with Crippen LogP contribution in [0.2, 0.25) is 0 Å². The van der Waals surface area contributed by atoms with Crippen LogP contribution in [-0.4, -0.2) is 37.9 Å². The molecule has 0 atom stereocenters. The summed E-state index contributed by atoms with van der Waals surface area (Å²) in [5, 5.41) is 9.85. The molecule has 1 aromatic heterocycles. The maximum absolute atomic E-state index is 5.40. The normalized spacial score (nSPS) is 12.6. The fraction of sp³-hybridized carbons (Fsp3) is 0.412. The van der Waals surface area contributed by atoms with E-state index in [2.05, 4.69) is 32.1 Å². The first-order chi connectivity index (χ1) is 11.7. The lowest BCUT2D eigenvalue weighted by Crippen LogP contribution is -2.39. The van der Waals surface area contributed by atoms with E-state index < -0.39 is 0 Å². The van der Waals surface area contributed by atoms with Crippen LogP contribution in [-0.2, 0) is 12.8 Å². The Labute approximate surface area is 169 Å². The Bertz CT molecular complexity index is 720. The molecule has 0 aliphatic carbocycles. The van der Waals surface area contributed by atoms with Crippen molar-refractivity contribution < 1.29 is 9.47 Å². The number of rotatable bonds is 6. The van der Waals surface area contributed by atoms with Crippen LogP contribution in [0.3, 0.4) is 0 Å². The van der Waals surface area contributed by atoms with Gasteiger partial charge in [-0.05, 0) is 31.0 Å². The Balaban J connectivity index is 0.00000225. The second-order valence-corrected chi connectivity index (χ2v) is 6.53. The third-order valence-electron chi connectivity index (χ3n) is 3.71. The lowest BCUT2D eigenvalue weighted by molar-refractivity contribution is 0.174. The lowest BCUT2D eigenvalue weighted by atomic mass is 10.1. The summed E-state index contributed by atoms with van der Waals surface area (Å²) >= 11 is 1.68. The number of benzene rings is 1. The second kappa shape index (κ2) is 9.81. The fourth-order valence-corrected chi connectivity index (χ4v) is 3.12. The number of nitrogens with zero attached hydrogens (tertiary/aromatic N) is 2. The van der Waals surface area contributed by atoms with Gasteiger partial charge in [0.2, 0.25) is 6.79 Å². The van der Waals surface area contributed by atoms with E-state index in [1.54, 1.807) is 18.4 Å². The van der Waals surface area contributed by atoms with Gasteiger partial charge >= 0.3 is 0 Å². The topological polar surface area (TPSA) is 67.8 Å². The van der Waals surface area contributed by atoms with Crippen LogP contribution in [0.5, 0.6) is 11.5 Å². The van der Waals surface area contributed by atoms with Crippen LogP contribution in [0.25, 0.3) is 0 Å². The zero-order valence-corrected chi connectivity index (χ0v) is 17.5. The molecular formula is C17H23IN4O2S. The first kappa shape index (κ1) is 19.8. The number of halogens is 1. The van der Waals surface area contributed by atoms with Gasteiger partial charge in [-0.3, -0.25) is 4.99 Å². The van der Waals surface area contributed by atoms with Crippen LogP contribution < -0.4 is 20.1 Å². The van der Waals surface area contributed by atoms with Crippen molar-refractivity contribution in [2.45, 2.75) is 19.8 Å². The van der Waals surface area contributed by atoms with E-state index in [4.69, 9.17) is 9.47 Å². The molecule has 136 valence electrons. The molecule has 3 rings (SSSR count). The van der Waals surface area contributed by atoms with Gasteiger partial charge in [-0.2, -0.15) is 0 Å². The molecule has 0 bridgehead atoms. The van der Waals surface area contributed by atoms with E-state index >= 15 is 0 Å². The van der Waals surface area contributed by atoms with Gasteiger partial charge in [0.05, 0.1) is 10.7 Å². The zero-order valence-electron chi connectivity index (χ0n) is 14.4. The molecule has 25 heavy (non-hydrogen) atoms. The van der Waals surface area contributed by atoms with Gasteiger partial charge in [0.15, 0.2) is 17.5 Å². The van der Waals surface area contributed by atoms with Crippen molar-refractivity contribution in [3.63, 3.8) is 0 Å². The minimum atomic E-state index is 0. The molecule has 0 fully saturated rings. The summed E-state index contributed by atoms with van der Waals surface area (Å²) in [5.41, 5.74) is 2.33. The van der Waals surface area contributed by atoms with Gasteiger partial charge < -0.3 is 20.1 Å². The monoisotopic (exact) mass is 474 g/mol. The van der Waals surface area contributed by atoms with Crippen LogP contribution in [0.15, 0.2) is 28.6 Å². The number of fused-ring (bicyclic) bond motifs is 1. The van der Waals surface area contributed by atoms with Crippen LogP contribution in [0, 0.1) is 6.92 Å². The number of aromatic nitrogens is 1. The number of aryl methyl sites for hydroxylation is 1. The third kappa shape index (κ3) is 5.74. The van der Waals surface area contributed by atoms with E-state index in [1.807, 2.05) is 19.1 Å². The molecule has 8 heteroatoms. The highest BCUT2D eigenvalue weighted by molar-refractivity contribution is 14.0. The SMILES string of the molecule is CN=C(NCCc1ccc2c(c1)OCO2)NCCc1csc(C)n1.I. The molecule has 0 saturated heterocycles. The molecule has 1 aliphatic rings. The lowest BCUT2D eigenvalue weighted by Gasteiger charge is -2.11. The average molecular weight is 474 g/mol. The summed E-state index contributed by atoms with van der Waals surface area (Å²) in [5.74, 6) is 2.46. The number of nitrogens with one attached hydrogen (secondary N) is 2. The Hall–Kier alpha value is -1.55. The van der Waals surface area contributed by atoms with Crippen molar-refractivity contribution in [2.24, 2.45) is 4.99 Å². The van der Waals surface area contributed by atoms with Gasteiger partial charge in [-0.15, -0.1) is 35.3 Å². The van der Waals surface area contributed by atoms with E-state index in [0.717, 1.165) is 54.1 Å². The predicted molar refractivity (Wildman–Crippen MR) is 112 cm³/mol. The smallest absolute Gasteiger partial charge is 0.231 e. The first-order valence-electron chi connectivity index (χ1n) is 7.98. The average Bonchev–Trinajstić information content (AvgIpc) is 3.21. The molecule has 0 spiro atoms. The number of guanidine groups is 1. The molecule has 6 nitrogen and oxygen atoms in total. The van der Waals surface area contributed by atoms with E-state index in [9.17, 15) is 0 Å². The van der Waals surface area contributed by atoms with Gasteiger partial charge in [0.25, 0.3) is 0 Å². The molecule has 2 N–H and O–H groups in total. The van der Waals surface area contributed by atoms with Gasteiger partial charge in [-0.25, -0.2) is 4.98 Å². The van der Waals surface area contributed by atoms with Gasteiger partial charge in [-0.1, -0.05) is 6.07 Å². The van der Waals surface area contributed by atoms with E-state index in [0.29, 0.717) is 6.79 Å². The number of thiazole rings is 1. The van der Waals surface area contributed by atoms with Crippen molar-refractivity contribution >= 4 is 41.3 Å². The number of ether oxygens (including phenoxy) is 2. The minimum Gasteiger partial charge on any atom is -0.454 e. The highest BCUT2D eigenvalue weighted by atomic mass is 127. The zero-order chi connectivity index (χ0) is 16.8. The Morgan fingerprint density at radius 1 is 1.20 bits per heavy atom. The number of aliphatic imine (C=N–C) groups is 1. The summed E-state index contributed by atoms with van der Waals surface area (Å²) in [6, 6.07) is 6.06. The van der Waals surface area contributed by atoms with Crippen LogP contribution in [0.1, 0.15) is 16.3 Å². The number of hydrogen-bond donors (Lipinski definition) is 2. The Morgan fingerprint density at radius 3 is 2.68 bits per heavy atom. The van der Waals surface area contributed by atoms with Crippen molar-refractivity contribution in [1.82, 2.24) is 15.6 Å². The molecule has 0 saturated carbocycles. The Morgan fingerprint density at radius 2 is 1.96 bits per heavy atom. The quantitative estimate of drug-likeness (QED) is 0.383. The summed E-state index contributed by atoms with van der Waals surface area (Å²) in [4.78, 5) is 8.71. The maximum atomic E-state index is 5.40. The van der Waals surface area contributed by atoms with Crippen LogP contribution in [0.4, 0.5) is 0 Å². The van der Waals surface area contributed by atoms with Crippen molar-refractivity contribution in [3.05, 3.63) is 39.8 Å². The second-order valence-electron chi connectivity index (χ2n) is 5.47. The summed E-state index contributed by atoms with van der Waals surface area (Å²) < 4.78 is 10.7. The highest BCUT2D eigenvalue weighted by Crippen LogP contribution is 2.32. The molecule has 2 heterocycles. The molecule has 0 unspecified atom stereocenters. The highest BCUT2D eigenvalue weighted by Gasteiger charge is 2.12. The largest absolute Gasteiger partial charge is 0.454 e. The van der Waals surface area contributed by atoms with Gasteiger partial charge in [0.1, 0.15) is 0 Å². The summed E-state index contributed by atoms with van der Waals surface area (Å²) in [7, 11) is 1.78. The van der Waals surface area contributed by atoms with Gasteiger partial charge in [0, 0.05) is 31.9 Å². The van der Waals surface area contributed by atoms with E-state index in [-0.39, 0.29) is 24.0 Å². The maximum Gasteiger partial charge on any atom is 0.231 e. The first-order valence-corrected chi connectivity index (χ1v) is 8.86. The number of hydrogen-bond acceptors (Lipinski definition) is 5.